The van der Waals surface area contributed by atoms with E-state index in [4.69, 9.17) is 5.73 Å². The largest absolute Gasteiger partial charge is 0.376 e. The van der Waals surface area contributed by atoms with E-state index in [1.54, 1.807) is 0 Å². The molecule has 0 rings (SSSR count). The van der Waals surface area contributed by atoms with Crippen LogP contribution < -0.4 is 11.1 Å². The van der Waals surface area contributed by atoms with Gasteiger partial charge < -0.3 is 11.1 Å². The smallest absolute Gasteiger partial charge is 0.163 e. The summed E-state index contributed by atoms with van der Waals surface area (Å²) in [6.45, 7) is 0.832. The number of thiol groups is 1. The monoisotopic (exact) mass is 150 g/mol. The predicted octanol–water partition coefficient (Wildman–Crippen LogP) is 0.140. The minimum absolute atomic E-state index is 0.367. The number of hydrogen-bond acceptors (Lipinski definition) is 2. The Kier molecular flexibility index (Phi) is 5.21. The lowest BCUT2D eigenvalue weighted by Gasteiger charge is -1.98. The molecule has 0 unspecified atom stereocenters. The Balaban J connectivity index is 2.82. The van der Waals surface area contributed by atoms with Crippen molar-refractivity contribution in [3.63, 3.8) is 0 Å². The second-order valence-corrected chi connectivity index (χ2v) is 2.26. The van der Waals surface area contributed by atoms with Crippen LogP contribution in [-0.2, 0) is 0 Å². The highest BCUT2D eigenvalue weighted by atomic mass is 32.1. The van der Waals surface area contributed by atoms with Crippen LogP contribution >= 0.6 is 24.8 Å². The summed E-state index contributed by atoms with van der Waals surface area (Å²) in [6, 6.07) is 0. The summed E-state index contributed by atoms with van der Waals surface area (Å²) in [7, 11) is 0. The van der Waals surface area contributed by atoms with Crippen LogP contribution in [0.5, 0.6) is 0 Å². The van der Waals surface area contributed by atoms with Gasteiger partial charge in [-0.05, 0) is 24.4 Å². The molecule has 0 amide bonds. The predicted molar refractivity (Wildman–Crippen MR) is 43.3 cm³/mol. The van der Waals surface area contributed by atoms with E-state index in [0.717, 1.165) is 18.7 Å². The van der Waals surface area contributed by atoms with Gasteiger partial charge in [0, 0.05) is 6.54 Å². The first-order valence-corrected chi connectivity index (χ1v) is 3.45. The molecule has 0 aromatic heterocycles. The Bertz CT molecular complexity index is 74.4. The second-order valence-electron chi connectivity index (χ2n) is 1.37. The highest BCUT2D eigenvalue weighted by Gasteiger charge is 1.83. The van der Waals surface area contributed by atoms with Crippen molar-refractivity contribution >= 4 is 30.0 Å². The summed E-state index contributed by atoms with van der Waals surface area (Å²) in [4.78, 5) is 0. The van der Waals surface area contributed by atoms with Crippen molar-refractivity contribution in [3.8, 4) is 0 Å². The maximum absolute atomic E-state index is 5.13. The summed E-state index contributed by atoms with van der Waals surface area (Å²) in [5, 5.41) is 3.17. The summed E-state index contributed by atoms with van der Waals surface area (Å²) >= 11 is 8.55. The standard InChI is InChI=1S/C4H10N2S2/c5-4(8)6-2-1-3-7/h7H,1-3H2,(H3,5,6,8). The summed E-state index contributed by atoms with van der Waals surface area (Å²) in [5.74, 6) is 0.871. The minimum Gasteiger partial charge on any atom is -0.376 e. The van der Waals surface area contributed by atoms with Gasteiger partial charge in [0.25, 0.3) is 0 Å². The van der Waals surface area contributed by atoms with Crippen molar-refractivity contribution in [2.45, 2.75) is 6.42 Å². The van der Waals surface area contributed by atoms with Crippen molar-refractivity contribution in [1.29, 1.82) is 0 Å². The van der Waals surface area contributed by atoms with E-state index in [0.29, 0.717) is 5.11 Å². The fraction of sp³-hybridized carbons (Fsp3) is 0.750. The quantitative estimate of drug-likeness (QED) is 0.304. The first kappa shape index (κ1) is 8.04. The third-order valence-corrected chi connectivity index (χ3v) is 1.09. The number of nitrogens with two attached hydrogens (primary N) is 1. The van der Waals surface area contributed by atoms with E-state index in [1.807, 2.05) is 0 Å². The second kappa shape index (κ2) is 5.18. The molecule has 0 aliphatic heterocycles. The van der Waals surface area contributed by atoms with Crippen LogP contribution in [0.1, 0.15) is 6.42 Å². The average molecular weight is 150 g/mol. The third-order valence-electron chi connectivity index (χ3n) is 0.634. The Labute approximate surface area is 60.2 Å². The Morgan fingerprint density at radius 3 is 2.75 bits per heavy atom. The van der Waals surface area contributed by atoms with Gasteiger partial charge in [-0.1, -0.05) is 0 Å². The molecule has 0 spiro atoms. The van der Waals surface area contributed by atoms with Gasteiger partial charge in [-0.15, -0.1) is 0 Å². The van der Waals surface area contributed by atoms with Gasteiger partial charge >= 0.3 is 0 Å². The van der Waals surface area contributed by atoms with Crippen LogP contribution in [0.15, 0.2) is 0 Å². The molecule has 0 atom stereocenters. The first-order valence-electron chi connectivity index (χ1n) is 2.41. The topological polar surface area (TPSA) is 38.0 Å². The van der Waals surface area contributed by atoms with Crippen LogP contribution in [0.25, 0.3) is 0 Å². The summed E-state index contributed by atoms with van der Waals surface area (Å²) < 4.78 is 0. The Morgan fingerprint density at radius 2 is 2.38 bits per heavy atom. The highest BCUT2D eigenvalue weighted by Crippen LogP contribution is 1.78. The average Bonchev–Trinajstić information content (AvgIpc) is 1.66. The molecule has 0 saturated carbocycles. The fourth-order valence-electron chi connectivity index (χ4n) is 0.291. The normalized spacial score (nSPS) is 8.62. The van der Waals surface area contributed by atoms with Gasteiger partial charge in [0.05, 0.1) is 0 Å². The molecule has 0 heterocycles. The van der Waals surface area contributed by atoms with Gasteiger partial charge in [0.1, 0.15) is 0 Å². The maximum atomic E-state index is 5.13. The van der Waals surface area contributed by atoms with Gasteiger partial charge in [-0.2, -0.15) is 12.6 Å². The van der Waals surface area contributed by atoms with E-state index in [-0.39, 0.29) is 0 Å². The van der Waals surface area contributed by atoms with Crippen molar-refractivity contribution in [2.75, 3.05) is 12.3 Å². The van der Waals surface area contributed by atoms with Gasteiger partial charge in [-0.25, -0.2) is 0 Å². The molecule has 0 bridgehead atoms. The van der Waals surface area contributed by atoms with Crippen LogP contribution in [-0.4, -0.2) is 17.4 Å². The molecule has 0 aliphatic carbocycles. The zero-order valence-corrected chi connectivity index (χ0v) is 6.27. The Hall–Kier alpha value is 0.0400. The zero-order valence-electron chi connectivity index (χ0n) is 4.55. The molecule has 2 nitrogen and oxygen atoms in total. The number of rotatable bonds is 3. The zero-order chi connectivity index (χ0) is 6.41. The maximum Gasteiger partial charge on any atom is 0.163 e. The summed E-state index contributed by atoms with van der Waals surface area (Å²) in [5.41, 5.74) is 5.13. The van der Waals surface area contributed by atoms with Gasteiger partial charge in [0.15, 0.2) is 5.11 Å². The van der Waals surface area contributed by atoms with E-state index in [9.17, 15) is 0 Å². The van der Waals surface area contributed by atoms with E-state index >= 15 is 0 Å². The molecule has 48 valence electrons. The summed E-state index contributed by atoms with van der Waals surface area (Å²) in [6.07, 6.45) is 1.00. The van der Waals surface area contributed by atoms with Crippen molar-refractivity contribution in [1.82, 2.24) is 5.32 Å². The molecule has 4 heteroatoms. The lowest BCUT2D eigenvalue weighted by molar-refractivity contribution is 0.853. The van der Waals surface area contributed by atoms with Crippen molar-refractivity contribution in [3.05, 3.63) is 0 Å². The van der Waals surface area contributed by atoms with Crippen molar-refractivity contribution < 1.29 is 0 Å². The third kappa shape index (κ3) is 6.04. The Morgan fingerprint density at radius 1 is 1.75 bits per heavy atom. The van der Waals surface area contributed by atoms with Crippen molar-refractivity contribution in [2.24, 2.45) is 5.73 Å². The van der Waals surface area contributed by atoms with Gasteiger partial charge in [-0.3, -0.25) is 0 Å². The van der Waals surface area contributed by atoms with Crippen LogP contribution in [0.2, 0.25) is 0 Å². The molecule has 0 aromatic rings. The molecule has 0 fully saturated rings. The fourth-order valence-corrected chi connectivity index (χ4v) is 0.551. The van der Waals surface area contributed by atoms with Crippen LogP contribution in [0.4, 0.5) is 0 Å². The lowest BCUT2D eigenvalue weighted by Crippen LogP contribution is -2.29. The molecule has 0 radical (unpaired) electrons. The molecular weight excluding hydrogens is 140 g/mol. The van der Waals surface area contributed by atoms with E-state index < -0.39 is 0 Å². The molecular formula is C4H10N2S2. The number of nitrogens with one attached hydrogen (secondary N) is 1. The van der Waals surface area contributed by atoms with E-state index in [1.165, 1.54) is 0 Å². The minimum atomic E-state index is 0.367. The lowest BCUT2D eigenvalue weighted by atomic mass is 10.5. The van der Waals surface area contributed by atoms with Crippen LogP contribution in [0.3, 0.4) is 0 Å². The molecule has 3 N–H and O–H groups in total. The molecule has 0 aliphatic rings. The van der Waals surface area contributed by atoms with E-state index in [2.05, 4.69) is 30.2 Å². The first-order chi connectivity index (χ1) is 3.77. The van der Waals surface area contributed by atoms with Gasteiger partial charge in [0.2, 0.25) is 0 Å². The highest BCUT2D eigenvalue weighted by molar-refractivity contribution is 7.80. The van der Waals surface area contributed by atoms with Crippen LogP contribution in [0, 0.1) is 0 Å². The molecule has 0 saturated heterocycles. The molecule has 8 heavy (non-hydrogen) atoms. The SMILES string of the molecule is NC(=S)NCCCS. The number of hydrogen-bond donors (Lipinski definition) is 3. The molecule has 0 aromatic carbocycles. The number of thiocarbonyl (C=S) groups is 1.